The molecule has 33 heavy (non-hydrogen) atoms. The van der Waals surface area contributed by atoms with E-state index in [1.54, 1.807) is 45.0 Å². The highest BCUT2D eigenvalue weighted by atomic mass is 16.6. The summed E-state index contributed by atoms with van der Waals surface area (Å²) < 4.78 is 16.3. The van der Waals surface area contributed by atoms with Crippen LogP contribution in [0.3, 0.4) is 0 Å². The molecule has 0 saturated heterocycles. The number of primary amides is 1. The van der Waals surface area contributed by atoms with E-state index in [1.165, 1.54) is 0 Å². The van der Waals surface area contributed by atoms with E-state index in [0.29, 0.717) is 25.3 Å². The van der Waals surface area contributed by atoms with Gasteiger partial charge in [0.25, 0.3) is 0 Å². The van der Waals surface area contributed by atoms with Crippen LogP contribution in [0.25, 0.3) is 0 Å². The van der Waals surface area contributed by atoms with Gasteiger partial charge in [0.15, 0.2) is 11.5 Å². The quantitative estimate of drug-likeness (QED) is 0.677. The zero-order valence-corrected chi connectivity index (χ0v) is 20.1. The van der Waals surface area contributed by atoms with Crippen molar-refractivity contribution in [2.75, 3.05) is 31.2 Å². The average Bonchev–Trinajstić information content (AvgIpc) is 2.78. The number of anilines is 1. The summed E-state index contributed by atoms with van der Waals surface area (Å²) in [4.78, 5) is 24.5. The van der Waals surface area contributed by atoms with Crippen molar-refractivity contribution < 1.29 is 23.8 Å². The van der Waals surface area contributed by atoms with Gasteiger partial charge < -0.3 is 30.2 Å². The van der Waals surface area contributed by atoms with Crippen LogP contribution >= 0.6 is 0 Å². The van der Waals surface area contributed by atoms with Crippen molar-refractivity contribution >= 4 is 17.7 Å². The minimum absolute atomic E-state index is 0.341. The minimum atomic E-state index is -0.514. The zero-order valence-electron chi connectivity index (χ0n) is 20.1. The predicted molar refractivity (Wildman–Crippen MR) is 129 cm³/mol. The van der Waals surface area contributed by atoms with E-state index in [1.807, 2.05) is 12.1 Å². The lowest BCUT2D eigenvalue weighted by Gasteiger charge is -2.27. The average molecular weight is 458 g/mol. The van der Waals surface area contributed by atoms with Gasteiger partial charge in [0.2, 0.25) is 5.91 Å². The van der Waals surface area contributed by atoms with Crippen LogP contribution in [0.1, 0.15) is 50.5 Å². The normalized spacial score (nSPS) is 12.2. The molecule has 0 spiro atoms. The van der Waals surface area contributed by atoms with Crippen molar-refractivity contribution in [1.29, 1.82) is 0 Å². The number of hydrogen-bond acceptors (Lipinski definition) is 6. The highest BCUT2D eigenvalue weighted by Crippen LogP contribution is 2.39. The molecule has 0 bridgehead atoms. The van der Waals surface area contributed by atoms with Crippen LogP contribution in [0.5, 0.6) is 11.5 Å². The lowest BCUT2D eigenvalue weighted by Crippen LogP contribution is -2.32. The number of hydrogen-bond donors (Lipinski definition) is 2. The van der Waals surface area contributed by atoms with E-state index in [9.17, 15) is 9.59 Å². The molecule has 8 nitrogen and oxygen atoms in total. The molecule has 0 radical (unpaired) electrons. The van der Waals surface area contributed by atoms with Gasteiger partial charge in [0.05, 0.1) is 5.69 Å². The third kappa shape index (κ3) is 8.21. The first-order valence-corrected chi connectivity index (χ1v) is 11.1. The highest BCUT2D eigenvalue weighted by molar-refractivity contribution is 5.92. The Morgan fingerprint density at radius 2 is 1.67 bits per heavy atom. The van der Waals surface area contributed by atoms with Crippen molar-refractivity contribution in [3.63, 3.8) is 0 Å². The molecule has 2 aromatic rings. The van der Waals surface area contributed by atoms with Gasteiger partial charge >= 0.3 is 6.09 Å². The molecule has 1 heterocycles. The maximum absolute atomic E-state index is 11.4. The van der Waals surface area contributed by atoms with Gasteiger partial charge in [-0.25, -0.2) is 4.79 Å². The topological polar surface area (TPSA) is 103 Å². The number of benzene rings is 2. The fourth-order valence-electron chi connectivity index (χ4n) is 3.15. The maximum atomic E-state index is 11.4. The van der Waals surface area contributed by atoms with Crippen LogP contribution in [0.15, 0.2) is 42.5 Å². The van der Waals surface area contributed by atoms with Crippen LogP contribution in [0, 0.1) is 0 Å². The molecule has 0 saturated carbocycles. The Bertz CT molecular complexity index is 919. The zero-order chi connectivity index (χ0) is 24.4. The molecule has 180 valence electrons. The fourth-order valence-corrected chi connectivity index (χ4v) is 3.15. The Kier molecular flexibility index (Phi) is 9.39. The fraction of sp³-hybridized carbons (Fsp3) is 0.440. The third-order valence-electron chi connectivity index (χ3n) is 4.72. The summed E-state index contributed by atoms with van der Waals surface area (Å²) in [5, 5.41) is 2.63. The Morgan fingerprint density at radius 3 is 2.24 bits per heavy atom. The Labute approximate surface area is 196 Å². The lowest BCUT2D eigenvalue weighted by molar-refractivity contribution is 0.0523. The molecule has 1 aliphatic heterocycles. The number of fused-ring (bicyclic) bond motifs is 1. The second-order valence-electron chi connectivity index (χ2n) is 8.39. The standard InChI is InChI=1S/C13H18N2O3.C12H17NO2/c1-13(2,3)18-12(17)15-8-9-4-6-10(7-5-9)11(14)16;1-3-13(4-2)10-6-5-7-11-12(10)15-9-8-14-11/h4-7H,8H2,1-3H3,(H2,14,16)(H,15,17);5-7H,3-4,8-9H2,1-2H3. The molecular formula is C25H35N3O5. The number of nitrogens with zero attached hydrogens (tertiary/aromatic N) is 1. The van der Waals surface area contributed by atoms with E-state index in [-0.39, 0.29) is 0 Å². The molecule has 1 aliphatic rings. The van der Waals surface area contributed by atoms with Gasteiger partial charge in [-0.3, -0.25) is 4.79 Å². The van der Waals surface area contributed by atoms with Crippen LogP contribution in [0.4, 0.5) is 10.5 Å². The molecule has 0 unspecified atom stereocenters. The number of carbonyl (C=O) groups is 2. The summed E-state index contributed by atoms with van der Waals surface area (Å²) in [7, 11) is 0. The molecular weight excluding hydrogens is 422 g/mol. The molecule has 3 N–H and O–H groups in total. The first-order valence-electron chi connectivity index (χ1n) is 11.1. The van der Waals surface area contributed by atoms with E-state index in [2.05, 4.69) is 30.1 Å². The summed E-state index contributed by atoms with van der Waals surface area (Å²) in [6, 6.07) is 12.8. The summed E-state index contributed by atoms with van der Waals surface area (Å²) in [5.41, 5.74) is 7.06. The van der Waals surface area contributed by atoms with Crippen LogP contribution in [0.2, 0.25) is 0 Å². The van der Waals surface area contributed by atoms with Crippen molar-refractivity contribution in [3.8, 4) is 11.5 Å². The number of para-hydroxylation sites is 1. The van der Waals surface area contributed by atoms with Gasteiger partial charge in [0.1, 0.15) is 18.8 Å². The second-order valence-corrected chi connectivity index (χ2v) is 8.39. The van der Waals surface area contributed by atoms with Crippen LogP contribution in [-0.4, -0.2) is 43.9 Å². The molecule has 0 aromatic heterocycles. The molecule has 2 amide bonds. The monoisotopic (exact) mass is 457 g/mol. The number of alkyl carbamates (subject to hydrolysis) is 1. The summed E-state index contributed by atoms with van der Waals surface area (Å²) in [5.74, 6) is 1.29. The number of rotatable bonds is 6. The van der Waals surface area contributed by atoms with Crippen LogP contribution < -0.4 is 25.4 Å². The van der Waals surface area contributed by atoms with Gasteiger partial charge in [0, 0.05) is 25.2 Å². The first-order chi connectivity index (χ1) is 15.6. The smallest absolute Gasteiger partial charge is 0.407 e. The molecule has 0 atom stereocenters. The number of nitrogens with two attached hydrogens (primary N) is 1. The largest absolute Gasteiger partial charge is 0.486 e. The minimum Gasteiger partial charge on any atom is -0.486 e. The molecule has 0 fully saturated rings. The van der Waals surface area contributed by atoms with E-state index < -0.39 is 17.6 Å². The summed E-state index contributed by atoms with van der Waals surface area (Å²) in [6.45, 7) is 13.3. The Balaban J connectivity index is 0.000000237. The Hall–Kier alpha value is -3.42. The Morgan fingerprint density at radius 1 is 1.03 bits per heavy atom. The van der Waals surface area contributed by atoms with Gasteiger partial charge in [-0.1, -0.05) is 18.2 Å². The first kappa shape index (κ1) is 25.8. The van der Waals surface area contributed by atoms with E-state index in [0.717, 1.165) is 35.8 Å². The molecule has 3 rings (SSSR count). The van der Waals surface area contributed by atoms with Crippen molar-refractivity contribution in [2.24, 2.45) is 5.73 Å². The van der Waals surface area contributed by atoms with Crippen LogP contribution in [-0.2, 0) is 11.3 Å². The summed E-state index contributed by atoms with van der Waals surface area (Å²) in [6.07, 6.45) is -0.471. The number of nitrogens with one attached hydrogen (secondary N) is 1. The van der Waals surface area contributed by atoms with E-state index >= 15 is 0 Å². The maximum Gasteiger partial charge on any atom is 0.407 e. The molecule has 8 heteroatoms. The van der Waals surface area contributed by atoms with Crippen molar-refractivity contribution in [3.05, 3.63) is 53.6 Å². The summed E-state index contributed by atoms with van der Waals surface area (Å²) >= 11 is 0. The van der Waals surface area contributed by atoms with Crippen molar-refractivity contribution in [2.45, 2.75) is 46.8 Å². The number of carbonyl (C=O) groups excluding carboxylic acids is 2. The van der Waals surface area contributed by atoms with Gasteiger partial charge in [-0.15, -0.1) is 0 Å². The SMILES string of the molecule is CC(C)(C)OC(=O)NCc1ccc(C(N)=O)cc1.CCN(CC)c1cccc2c1OCCO2. The van der Waals surface area contributed by atoms with Gasteiger partial charge in [-0.05, 0) is 64.4 Å². The number of amides is 2. The van der Waals surface area contributed by atoms with Gasteiger partial charge in [-0.2, -0.15) is 0 Å². The number of ether oxygens (including phenoxy) is 3. The second kappa shape index (κ2) is 12.0. The third-order valence-corrected chi connectivity index (χ3v) is 4.72. The molecule has 0 aliphatic carbocycles. The van der Waals surface area contributed by atoms with Crippen molar-refractivity contribution in [1.82, 2.24) is 5.32 Å². The highest BCUT2D eigenvalue weighted by Gasteiger charge is 2.18. The van der Waals surface area contributed by atoms with E-state index in [4.69, 9.17) is 19.9 Å². The molecule has 2 aromatic carbocycles. The predicted octanol–water partition coefficient (Wildman–Crippen LogP) is 4.11. The lowest BCUT2D eigenvalue weighted by atomic mass is 10.1.